The minimum atomic E-state index is -2.62. The van der Waals surface area contributed by atoms with Crippen LogP contribution in [0.4, 0.5) is 0 Å². The monoisotopic (exact) mass is 355 g/mol. The van der Waals surface area contributed by atoms with Crippen molar-refractivity contribution in [2.24, 2.45) is 11.8 Å². The number of hydrogen-bond acceptors (Lipinski definition) is 4. The Kier molecular flexibility index (Phi) is 19.9. The van der Waals surface area contributed by atoms with E-state index in [2.05, 4.69) is 27.7 Å². The molecule has 134 valence electrons. The van der Waals surface area contributed by atoms with Crippen molar-refractivity contribution in [1.29, 1.82) is 0 Å². The van der Waals surface area contributed by atoms with Crippen LogP contribution in [0, 0.1) is 11.8 Å². The van der Waals surface area contributed by atoms with Gasteiger partial charge in [0.2, 0.25) is 0 Å². The van der Waals surface area contributed by atoms with E-state index in [9.17, 15) is 4.57 Å². The number of hydrogen-bond donors (Lipinski definition) is 3. The van der Waals surface area contributed by atoms with Gasteiger partial charge in [0.15, 0.2) is 0 Å². The zero-order chi connectivity index (χ0) is 17.4. The molecule has 6 heteroatoms. The zero-order valence-corrected chi connectivity index (χ0v) is 16.7. The lowest BCUT2D eigenvalue weighted by Gasteiger charge is -2.11. The molecule has 0 saturated carbocycles. The third-order valence-electron chi connectivity index (χ3n) is 4.01. The largest absolute Gasteiger partial charge is 0.339 e. The Morgan fingerprint density at radius 1 is 0.818 bits per heavy atom. The van der Waals surface area contributed by atoms with Crippen LogP contribution >= 0.6 is 16.4 Å². The Morgan fingerprint density at radius 3 is 1.36 bits per heavy atom. The summed E-state index contributed by atoms with van der Waals surface area (Å²) in [6.07, 6.45) is 12.0. The van der Waals surface area contributed by atoms with Gasteiger partial charge < -0.3 is 14.7 Å². The van der Waals surface area contributed by atoms with Gasteiger partial charge in [-0.2, -0.15) is 0 Å². The van der Waals surface area contributed by atoms with Gasteiger partial charge >= 0.3 is 16.4 Å². The SMILES string of the molecule is CCCCC(CC)C[P+](=O)CC(CC)CCCC.OP(O)O. The molecule has 0 aliphatic rings. The highest BCUT2D eigenvalue weighted by atomic mass is 31.2. The van der Waals surface area contributed by atoms with Crippen LogP contribution in [0.25, 0.3) is 0 Å². The minimum absolute atomic E-state index is 0.706. The molecule has 0 amide bonds. The Balaban J connectivity index is 0. The van der Waals surface area contributed by atoms with Crippen molar-refractivity contribution >= 4 is 16.4 Å². The first-order valence-electron chi connectivity index (χ1n) is 8.69. The van der Waals surface area contributed by atoms with Crippen LogP contribution in [0.1, 0.15) is 79.1 Å². The topological polar surface area (TPSA) is 77.8 Å². The lowest BCUT2D eigenvalue weighted by atomic mass is 10.0. The summed E-state index contributed by atoms with van der Waals surface area (Å²) in [7, 11) is -3.57. The van der Waals surface area contributed by atoms with Gasteiger partial charge in [-0.25, -0.2) is 0 Å². The minimum Gasteiger partial charge on any atom is -0.328 e. The van der Waals surface area contributed by atoms with Crippen molar-refractivity contribution in [3.05, 3.63) is 0 Å². The van der Waals surface area contributed by atoms with Gasteiger partial charge in [0, 0.05) is 11.8 Å². The quantitative estimate of drug-likeness (QED) is 0.408. The highest BCUT2D eigenvalue weighted by Gasteiger charge is 2.25. The first-order valence-corrected chi connectivity index (χ1v) is 11.5. The summed E-state index contributed by atoms with van der Waals surface area (Å²) in [6, 6.07) is 0. The third-order valence-corrected chi connectivity index (χ3v) is 5.86. The second-order valence-corrected chi connectivity index (χ2v) is 8.18. The molecular formula is C16H37O4P2+. The molecule has 0 aliphatic heterocycles. The fourth-order valence-corrected chi connectivity index (χ4v) is 4.67. The van der Waals surface area contributed by atoms with Crippen LogP contribution in [-0.4, -0.2) is 27.0 Å². The highest BCUT2D eigenvalue weighted by Crippen LogP contribution is 2.33. The average molecular weight is 355 g/mol. The Morgan fingerprint density at radius 2 is 1.14 bits per heavy atom. The summed E-state index contributed by atoms with van der Waals surface area (Å²) in [4.78, 5) is 21.7. The Bertz CT molecular complexity index is 228. The zero-order valence-electron chi connectivity index (χ0n) is 14.9. The van der Waals surface area contributed by atoms with E-state index >= 15 is 0 Å². The number of unbranched alkanes of at least 4 members (excludes halogenated alkanes) is 2. The Hall–Kier alpha value is 0.410. The van der Waals surface area contributed by atoms with Gasteiger partial charge in [0.1, 0.15) is 12.3 Å². The van der Waals surface area contributed by atoms with Crippen LogP contribution in [0.15, 0.2) is 0 Å². The maximum atomic E-state index is 12.3. The molecule has 0 aromatic carbocycles. The summed E-state index contributed by atoms with van der Waals surface area (Å²) in [5, 5.41) is 0. The van der Waals surface area contributed by atoms with Crippen LogP contribution in [0.3, 0.4) is 0 Å². The lowest BCUT2D eigenvalue weighted by Crippen LogP contribution is -2.07. The van der Waals surface area contributed by atoms with E-state index in [4.69, 9.17) is 14.7 Å². The normalized spacial score (nSPS) is 14.3. The first kappa shape index (κ1) is 24.7. The van der Waals surface area contributed by atoms with E-state index in [1.807, 2.05) is 0 Å². The molecule has 0 bridgehead atoms. The highest BCUT2D eigenvalue weighted by molar-refractivity contribution is 7.44. The maximum absolute atomic E-state index is 12.3. The van der Waals surface area contributed by atoms with Crippen molar-refractivity contribution in [1.82, 2.24) is 0 Å². The predicted octanol–water partition coefficient (Wildman–Crippen LogP) is 5.44. The molecule has 0 aromatic heterocycles. The van der Waals surface area contributed by atoms with Crippen LogP contribution in [-0.2, 0) is 4.57 Å². The molecule has 22 heavy (non-hydrogen) atoms. The van der Waals surface area contributed by atoms with Crippen molar-refractivity contribution in [2.45, 2.75) is 79.1 Å². The van der Waals surface area contributed by atoms with Crippen LogP contribution < -0.4 is 0 Å². The molecular weight excluding hydrogens is 318 g/mol. The van der Waals surface area contributed by atoms with Crippen molar-refractivity contribution in [3.63, 3.8) is 0 Å². The fraction of sp³-hybridized carbons (Fsp3) is 1.00. The molecule has 0 rings (SSSR count). The molecule has 0 heterocycles. The van der Waals surface area contributed by atoms with E-state index in [1.165, 1.54) is 51.4 Å². The molecule has 4 nitrogen and oxygen atoms in total. The summed E-state index contributed by atoms with van der Waals surface area (Å²) in [6.45, 7) is 8.98. The molecule has 0 fully saturated rings. The van der Waals surface area contributed by atoms with Crippen molar-refractivity contribution in [2.75, 3.05) is 12.3 Å². The molecule has 0 aliphatic carbocycles. The van der Waals surface area contributed by atoms with Gasteiger partial charge in [-0.3, -0.25) is 0 Å². The molecule has 2 unspecified atom stereocenters. The van der Waals surface area contributed by atoms with Crippen molar-refractivity contribution < 1.29 is 19.2 Å². The van der Waals surface area contributed by atoms with Gasteiger partial charge in [0.25, 0.3) is 0 Å². The lowest BCUT2D eigenvalue weighted by molar-refractivity contribution is 0.368. The fourth-order valence-electron chi connectivity index (χ4n) is 2.49. The van der Waals surface area contributed by atoms with E-state index in [0.717, 1.165) is 12.3 Å². The smallest absolute Gasteiger partial charge is 0.328 e. The molecule has 2 atom stereocenters. The summed E-state index contributed by atoms with van der Waals surface area (Å²) >= 11 is 0. The van der Waals surface area contributed by atoms with Crippen LogP contribution in [0.5, 0.6) is 0 Å². The molecule has 0 saturated heterocycles. The molecule has 3 N–H and O–H groups in total. The summed E-state index contributed by atoms with van der Waals surface area (Å²) in [5.74, 6) is 1.41. The van der Waals surface area contributed by atoms with Gasteiger partial charge in [-0.1, -0.05) is 57.9 Å². The van der Waals surface area contributed by atoms with Gasteiger partial charge in [-0.05, 0) is 25.7 Å². The second-order valence-electron chi connectivity index (χ2n) is 5.95. The van der Waals surface area contributed by atoms with Gasteiger partial charge in [-0.15, -0.1) is 0 Å². The van der Waals surface area contributed by atoms with E-state index in [1.54, 1.807) is 0 Å². The maximum Gasteiger partial charge on any atom is 0.339 e. The predicted molar refractivity (Wildman–Crippen MR) is 97.5 cm³/mol. The molecule has 0 aromatic rings. The molecule has 0 spiro atoms. The van der Waals surface area contributed by atoms with Crippen LogP contribution in [0.2, 0.25) is 0 Å². The summed E-state index contributed by atoms with van der Waals surface area (Å²) in [5.41, 5.74) is 0. The Labute approximate surface area is 139 Å². The first-order chi connectivity index (χ1) is 10.4. The van der Waals surface area contributed by atoms with E-state index in [0.29, 0.717) is 11.8 Å². The van der Waals surface area contributed by atoms with Gasteiger partial charge in [0.05, 0.1) is 0 Å². The third kappa shape index (κ3) is 18.5. The van der Waals surface area contributed by atoms with E-state index < -0.39 is 16.4 Å². The van der Waals surface area contributed by atoms with Crippen molar-refractivity contribution in [3.8, 4) is 0 Å². The molecule has 0 radical (unpaired) electrons. The standard InChI is InChI=1S/C16H34OP.H3O3P/c1-5-9-11-15(7-3)13-18(17)14-16(8-4)12-10-6-2;1-4(2)3/h15-16H,5-14H2,1-4H3;1-3H/q+1;. The van der Waals surface area contributed by atoms with E-state index in [-0.39, 0.29) is 0 Å². The summed E-state index contributed by atoms with van der Waals surface area (Å²) < 4.78 is 12.3. The second kappa shape index (κ2) is 17.8. The average Bonchev–Trinajstić information content (AvgIpc) is 2.47. The number of rotatable bonds is 12.